The van der Waals surface area contributed by atoms with Gasteiger partial charge in [0.15, 0.2) is 4.90 Å². The first-order chi connectivity index (χ1) is 10.9. The Morgan fingerprint density at radius 1 is 1.04 bits per heavy atom. The molecule has 0 radical (unpaired) electrons. The Morgan fingerprint density at radius 2 is 1.74 bits per heavy atom. The van der Waals surface area contributed by atoms with Crippen molar-refractivity contribution in [3.05, 3.63) is 64.5 Å². The second-order valence-electron chi connectivity index (χ2n) is 5.11. The highest BCUT2D eigenvalue weighted by Gasteiger charge is 2.23. The molecule has 5 nitrogen and oxygen atoms in total. The average molecular weight is 330 g/mol. The Hall–Kier alpha value is -2.60. The number of ether oxygens (including phenoxy) is 1. The standard InChI is InChI=1S/C17H14O5S/c1-11-3-6-13(7-4-11)23(19,20)16-10-22-15-9-12(21-2)5-8-14(15)17(16)18/h3-10H,1-2H3. The molecule has 2 aromatic carbocycles. The average Bonchev–Trinajstić information content (AvgIpc) is 2.55. The summed E-state index contributed by atoms with van der Waals surface area (Å²) in [5.41, 5.74) is 0.619. The van der Waals surface area contributed by atoms with E-state index in [0.717, 1.165) is 11.8 Å². The number of aryl methyl sites for hydroxylation is 1. The molecular weight excluding hydrogens is 316 g/mol. The van der Waals surface area contributed by atoms with E-state index in [1.165, 1.54) is 25.3 Å². The SMILES string of the molecule is COc1ccc2c(=O)c(S(=O)(=O)c3ccc(C)cc3)coc2c1. The molecular formula is C17H14O5S. The Labute approximate surface area is 133 Å². The Balaban J connectivity index is 2.22. The third-order valence-corrected chi connectivity index (χ3v) is 5.32. The van der Waals surface area contributed by atoms with Crippen LogP contribution in [0.5, 0.6) is 5.75 Å². The van der Waals surface area contributed by atoms with Gasteiger partial charge in [-0.3, -0.25) is 4.79 Å². The second-order valence-corrected chi connectivity index (χ2v) is 7.03. The first-order valence-electron chi connectivity index (χ1n) is 6.85. The highest BCUT2D eigenvalue weighted by atomic mass is 32.2. The minimum Gasteiger partial charge on any atom is -0.497 e. The number of hydrogen-bond acceptors (Lipinski definition) is 5. The maximum absolute atomic E-state index is 12.6. The van der Waals surface area contributed by atoms with Crippen LogP contribution in [0.25, 0.3) is 11.0 Å². The number of hydrogen-bond donors (Lipinski definition) is 0. The van der Waals surface area contributed by atoms with Gasteiger partial charge in [-0.2, -0.15) is 0 Å². The monoisotopic (exact) mass is 330 g/mol. The van der Waals surface area contributed by atoms with E-state index in [9.17, 15) is 13.2 Å². The lowest BCUT2D eigenvalue weighted by atomic mass is 10.2. The number of sulfone groups is 1. The van der Waals surface area contributed by atoms with Gasteiger partial charge in [-0.1, -0.05) is 17.7 Å². The summed E-state index contributed by atoms with van der Waals surface area (Å²) in [7, 11) is -2.44. The van der Waals surface area contributed by atoms with Crippen LogP contribution in [0.15, 0.2) is 67.7 Å². The van der Waals surface area contributed by atoms with Crippen molar-refractivity contribution in [1.29, 1.82) is 0 Å². The minimum atomic E-state index is -3.93. The second kappa shape index (κ2) is 5.55. The lowest BCUT2D eigenvalue weighted by Crippen LogP contribution is -2.15. The van der Waals surface area contributed by atoms with Crippen LogP contribution in [0.1, 0.15) is 5.56 Å². The molecule has 0 bridgehead atoms. The van der Waals surface area contributed by atoms with Gasteiger partial charge in [0.2, 0.25) is 15.3 Å². The van der Waals surface area contributed by atoms with Crippen molar-refractivity contribution >= 4 is 20.8 Å². The van der Waals surface area contributed by atoms with Crippen LogP contribution in [-0.2, 0) is 9.84 Å². The van der Waals surface area contributed by atoms with Crippen LogP contribution in [0.4, 0.5) is 0 Å². The largest absolute Gasteiger partial charge is 0.497 e. The van der Waals surface area contributed by atoms with Crippen LogP contribution >= 0.6 is 0 Å². The smallest absolute Gasteiger partial charge is 0.213 e. The Bertz CT molecular complexity index is 1030. The van der Waals surface area contributed by atoms with E-state index >= 15 is 0 Å². The third-order valence-electron chi connectivity index (χ3n) is 3.57. The summed E-state index contributed by atoms with van der Waals surface area (Å²) < 4.78 is 35.7. The van der Waals surface area contributed by atoms with E-state index in [0.29, 0.717) is 5.75 Å². The van der Waals surface area contributed by atoms with E-state index in [4.69, 9.17) is 9.15 Å². The zero-order chi connectivity index (χ0) is 16.6. The van der Waals surface area contributed by atoms with Crippen molar-refractivity contribution in [2.75, 3.05) is 7.11 Å². The van der Waals surface area contributed by atoms with Gasteiger partial charge in [-0.15, -0.1) is 0 Å². The molecule has 0 aliphatic carbocycles. The zero-order valence-corrected chi connectivity index (χ0v) is 13.4. The van der Waals surface area contributed by atoms with Crippen molar-refractivity contribution in [2.24, 2.45) is 0 Å². The molecule has 1 heterocycles. The normalized spacial score (nSPS) is 11.6. The van der Waals surface area contributed by atoms with E-state index in [1.807, 2.05) is 6.92 Å². The van der Waals surface area contributed by atoms with Gasteiger partial charge in [0, 0.05) is 6.07 Å². The predicted molar refractivity (Wildman–Crippen MR) is 85.7 cm³/mol. The molecule has 6 heteroatoms. The van der Waals surface area contributed by atoms with Crippen LogP contribution in [0.3, 0.4) is 0 Å². The van der Waals surface area contributed by atoms with Crippen molar-refractivity contribution < 1.29 is 17.6 Å². The molecule has 3 rings (SSSR count). The van der Waals surface area contributed by atoms with E-state index in [-0.39, 0.29) is 20.8 Å². The molecule has 0 aliphatic rings. The molecule has 0 saturated heterocycles. The van der Waals surface area contributed by atoms with Gasteiger partial charge in [0.05, 0.1) is 17.4 Å². The van der Waals surface area contributed by atoms with Gasteiger partial charge >= 0.3 is 0 Å². The molecule has 0 spiro atoms. The van der Waals surface area contributed by atoms with E-state index < -0.39 is 15.3 Å². The summed E-state index contributed by atoms with van der Waals surface area (Å²) in [6.07, 6.45) is 0.985. The number of benzene rings is 2. The quantitative estimate of drug-likeness (QED) is 0.738. The Morgan fingerprint density at radius 3 is 2.39 bits per heavy atom. The molecule has 0 N–H and O–H groups in total. The summed E-state index contributed by atoms with van der Waals surface area (Å²) in [5.74, 6) is 0.523. The number of rotatable bonds is 3. The molecule has 23 heavy (non-hydrogen) atoms. The lowest BCUT2D eigenvalue weighted by Gasteiger charge is -2.06. The number of methoxy groups -OCH3 is 1. The van der Waals surface area contributed by atoms with E-state index in [2.05, 4.69) is 0 Å². The first-order valence-corrected chi connectivity index (χ1v) is 8.33. The lowest BCUT2D eigenvalue weighted by molar-refractivity contribution is 0.414. The van der Waals surface area contributed by atoms with Gasteiger partial charge in [-0.25, -0.2) is 8.42 Å². The molecule has 118 valence electrons. The van der Waals surface area contributed by atoms with Crippen LogP contribution in [-0.4, -0.2) is 15.5 Å². The van der Waals surface area contributed by atoms with Crippen LogP contribution < -0.4 is 10.2 Å². The number of fused-ring (bicyclic) bond motifs is 1. The summed E-state index contributed by atoms with van der Waals surface area (Å²) in [6.45, 7) is 1.86. The zero-order valence-electron chi connectivity index (χ0n) is 12.6. The molecule has 0 saturated carbocycles. The third kappa shape index (κ3) is 2.61. The van der Waals surface area contributed by atoms with Crippen LogP contribution in [0.2, 0.25) is 0 Å². The van der Waals surface area contributed by atoms with E-state index in [1.54, 1.807) is 24.3 Å². The highest BCUT2D eigenvalue weighted by Crippen LogP contribution is 2.23. The fraction of sp³-hybridized carbons (Fsp3) is 0.118. The topological polar surface area (TPSA) is 73.6 Å². The van der Waals surface area contributed by atoms with Gasteiger partial charge < -0.3 is 9.15 Å². The Kier molecular flexibility index (Phi) is 3.69. The fourth-order valence-electron chi connectivity index (χ4n) is 2.25. The van der Waals surface area contributed by atoms with Crippen LogP contribution in [0, 0.1) is 6.92 Å². The minimum absolute atomic E-state index is 0.0586. The summed E-state index contributed by atoms with van der Waals surface area (Å²) in [4.78, 5) is 12.2. The fourth-order valence-corrected chi connectivity index (χ4v) is 3.52. The predicted octanol–water partition coefficient (Wildman–Crippen LogP) is 2.94. The molecule has 0 unspecified atom stereocenters. The molecule has 3 aromatic rings. The van der Waals surface area contributed by atoms with Crippen molar-refractivity contribution in [3.63, 3.8) is 0 Å². The van der Waals surface area contributed by atoms with Crippen molar-refractivity contribution in [1.82, 2.24) is 0 Å². The van der Waals surface area contributed by atoms with Gasteiger partial charge in [-0.05, 0) is 31.2 Å². The highest BCUT2D eigenvalue weighted by molar-refractivity contribution is 7.91. The first kappa shape index (κ1) is 15.3. The van der Waals surface area contributed by atoms with Crippen molar-refractivity contribution in [2.45, 2.75) is 16.7 Å². The van der Waals surface area contributed by atoms with Crippen molar-refractivity contribution in [3.8, 4) is 5.75 Å². The van der Waals surface area contributed by atoms with Gasteiger partial charge in [0.1, 0.15) is 17.6 Å². The molecule has 1 aromatic heterocycles. The molecule has 0 atom stereocenters. The van der Waals surface area contributed by atoms with Gasteiger partial charge in [0.25, 0.3) is 0 Å². The molecule has 0 fully saturated rings. The molecule has 0 aliphatic heterocycles. The summed E-state index contributed by atoms with van der Waals surface area (Å²) in [6, 6.07) is 10.9. The maximum atomic E-state index is 12.6. The maximum Gasteiger partial charge on any atom is 0.213 e. The molecule has 0 amide bonds. The summed E-state index contributed by atoms with van der Waals surface area (Å²) in [5, 5.41) is 0.194. The summed E-state index contributed by atoms with van der Waals surface area (Å²) >= 11 is 0.